The number of carboxylic acids is 1. The van der Waals surface area contributed by atoms with E-state index in [0.717, 1.165) is 5.56 Å². The van der Waals surface area contributed by atoms with Crippen molar-refractivity contribution in [2.24, 2.45) is 0 Å². The lowest BCUT2D eigenvalue weighted by atomic mass is 10.1. The summed E-state index contributed by atoms with van der Waals surface area (Å²) in [4.78, 5) is 16.4. The van der Waals surface area contributed by atoms with E-state index >= 15 is 0 Å². The minimum absolute atomic E-state index is 0.0394. The molecule has 0 spiro atoms. The smallest absolute Gasteiger partial charge is 0.317 e. The molecule has 19 heavy (non-hydrogen) atoms. The molecular formula is C14H16N2O3. The third-order valence-corrected chi connectivity index (χ3v) is 2.70. The molecule has 1 heterocycles. The molecule has 0 aliphatic rings. The molecule has 1 N–H and O–H groups in total. The zero-order valence-corrected chi connectivity index (χ0v) is 11.0. The van der Waals surface area contributed by atoms with E-state index in [4.69, 9.17) is 9.52 Å². The topological polar surface area (TPSA) is 66.6 Å². The van der Waals surface area contributed by atoms with Gasteiger partial charge in [-0.15, -0.1) is 0 Å². The summed E-state index contributed by atoms with van der Waals surface area (Å²) in [6, 6.07) is 7.96. The minimum atomic E-state index is -0.868. The summed E-state index contributed by atoms with van der Waals surface area (Å²) in [6.07, 6.45) is 1.66. The van der Waals surface area contributed by atoms with Crippen LogP contribution in [0.2, 0.25) is 0 Å². The Hall–Kier alpha value is -2.14. The van der Waals surface area contributed by atoms with Crippen LogP contribution in [0.15, 0.2) is 34.9 Å². The zero-order chi connectivity index (χ0) is 13.8. The summed E-state index contributed by atoms with van der Waals surface area (Å²) in [6.45, 7) is 2.36. The second-order valence-electron chi connectivity index (χ2n) is 4.55. The number of aliphatic carboxylic acids is 1. The molecule has 0 saturated heterocycles. The van der Waals surface area contributed by atoms with Gasteiger partial charge in [0.2, 0.25) is 5.89 Å². The predicted molar refractivity (Wildman–Crippen MR) is 70.6 cm³/mol. The van der Waals surface area contributed by atoms with Gasteiger partial charge in [-0.3, -0.25) is 9.69 Å². The average Bonchev–Trinajstić information content (AvgIpc) is 2.77. The summed E-state index contributed by atoms with van der Waals surface area (Å²) in [5, 5.41) is 8.68. The Labute approximate surface area is 111 Å². The van der Waals surface area contributed by atoms with Crippen molar-refractivity contribution in [2.75, 3.05) is 13.6 Å². The molecule has 0 unspecified atom stereocenters. The number of nitrogens with zero attached hydrogens (tertiary/aromatic N) is 2. The van der Waals surface area contributed by atoms with Crippen molar-refractivity contribution < 1.29 is 14.3 Å². The van der Waals surface area contributed by atoms with Crippen molar-refractivity contribution in [3.05, 3.63) is 41.9 Å². The van der Waals surface area contributed by atoms with E-state index < -0.39 is 5.97 Å². The van der Waals surface area contributed by atoms with Crippen molar-refractivity contribution in [1.82, 2.24) is 9.88 Å². The molecule has 0 bridgehead atoms. The van der Waals surface area contributed by atoms with Crippen LogP contribution in [0.4, 0.5) is 0 Å². The van der Waals surface area contributed by atoms with Crippen LogP contribution in [0.25, 0.3) is 11.3 Å². The van der Waals surface area contributed by atoms with Crippen molar-refractivity contribution in [2.45, 2.75) is 13.5 Å². The number of rotatable bonds is 5. The first-order valence-corrected chi connectivity index (χ1v) is 5.96. The maximum Gasteiger partial charge on any atom is 0.317 e. The second kappa shape index (κ2) is 5.67. The van der Waals surface area contributed by atoms with Gasteiger partial charge in [0.1, 0.15) is 0 Å². The van der Waals surface area contributed by atoms with E-state index in [9.17, 15) is 4.79 Å². The van der Waals surface area contributed by atoms with E-state index in [1.54, 1.807) is 18.1 Å². The first-order valence-electron chi connectivity index (χ1n) is 5.96. The quantitative estimate of drug-likeness (QED) is 0.892. The molecule has 1 aromatic heterocycles. The van der Waals surface area contributed by atoms with Gasteiger partial charge in [0.15, 0.2) is 5.76 Å². The van der Waals surface area contributed by atoms with Crippen LogP contribution in [-0.2, 0) is 11.3 Å². The molecule has 0 radical (unpaired) electrons. The van der Waals surface area contributed by atoms with E-state index in [-0.39, 0.29) is 6.54 Å². The highest BCUT2D eigenvalue weighted by atomic mass is 16.4. The second-order valence-corrected chi connectivity index (χ2v) is 4.55. The lowest BCUT2D eigenvalue weighted by molar-refractivity contribution is -0.138. The van der Waals surface area contributed by atoms with E-state index in [2.05, 4.69) is 4.98 Å². The molecular weight excluding hydrogens is 244 g/mol. The van der Waals surface area contributed by atoms with Crippen molar-refractivity contribution in [3.63, 3.8) is 0 Å². The Bertz CT molecular complexity index is 560. The van der Waals surface area contributed by atoms with Crippen LogP contribution in [-0.4, -0.2) is 34.6 Å². The molecule has 0 aliphatic heterocycles. The third-order valence-electron chi connectivity index (χ3n) is 2.70. The van der Waals surface area contributed by atoms with E-state index in [1.165, 1.54) is 5.56 Å². The van der Waals surface area contributed by atoms with Crippen LogP contribution in [0.3, 0.4) is 0 Å². The van der Waals surface area contributed by atoms with Gasteiger partial charge < -0.3 is 9.52 Å². The maximum atomic E-state index is 10.6. The van der Waals surface area contributed by atoms with Gasteiger partial charge in [-0.05, 0) is 14.0 Å². The third kappa shape index (κ3) is 3.66. The zero-order valence-electron chi connectivity index (χ0n) is 11.0. The monoisotopic (exact) mass is 260 g/mol. The van der Waals surface area contributed by atoms with Gasteiger partial charge in [-0.2, -0.15) is 0 Å². The largest absolute Gasteiger partial charge is 0.480 e. The number of aryl methyl sites for hydroxylation is 1. The number of carboxylic acid groups (broad SMARTS) is 1. The van der Waals surface area contributed by atoms with Crippen molar-refractivity contribution in [3.8, 4) is 11.3 Å². The van der Waals surface area contributed by atoms with Gasteiger partial charge >= 0.3 is 5.97 Å². The van der Waals surface area contributed by atoms with Crippen LogP contribution in [0.5, 0.6) is 0 Å². The average molecular weight is 260 g/mol. The Morgan fingerprint density at radius 2 is 2.05 bits per heavy atom. The summed E-state index contributed by atoms with van der Waals surface area (Å²) in [5.74, 6) is 0.339. The number of hydrogen-bond acceptors (Lipinski definition) is 4. The van der Waals surface area contributed by atoms with Crippen LogP contribution >= 0.6 is 0 Å². The SMILES string of the molecule is Cc1ccc(-c2cnc(CN(C)CC(=O)O)o2)cc1. The highest BCUT2D eigenvalue weighted by Crippen LogP contribution is 2.21. The fourth-order valence-electron chi connectivity index (χ4n) is 1.75. The summed E-state index contributed by atoms with van der Waals surface area (Å²) < 4.78 is 5.62. The van der Waals surface area contributed by atoms with Gasteiger partial charge in [-0.25, -0.2) is 4.98 Å². The standard InChI is InChI=1S/C14H16N2O3/c1-10-3-5-11(6-4-10)12-7-15-13(19-12)8-16(2)9-14(17)18/h3-7H,8-9H2,1-2H3,(H,17,18). The molecule has 0 aliphatic carbocycles. The summed E-state index contributed by atoms with van der Waals surface area (Å²) >= 11 is 0. The lowest BCUT2D eigenvalue weighted by Gasteiger charge is -2.10. The molecule has 1 aromatic carbocycles. The first-order chi connectivity index (χ1) is 9.04. The number of carbonyl (C=O) groups is 1. The highest BCUT2D eigenvalue weighted by Gasteiger charge is 2.10. The molecule has 0 atom stereocenters. The first kappa shape index (κ1) is 13.3. The summed E-state index contributed by atoms with van der Waals surface area (Å²) in [7, 11) is 1.71. The number of oxazole rings is 1. The normalized spacial score (nSPS) is 10.9. The molecule has 0 saturated carbocycles. The molecule has 0 amide bonds. The van der Waals surface area contributed by atoms with Gasteiger partial charge in [0.05, 0.1) is 19.3 Å². The number of likely N-dealkylation sites (N-methyl/N-ethyl adjacent to an activating group) is 1. The Balaban J connectivity index is 2.06. The highest BCUT2D eigenvalue weighted by molar-refractivity contribution is 5.69. The van der Waals surface area contributed by atoms with Crippen molar-refractivity contribution >= 4 is 5.97 Å². The van der Waals surface area contributed by atoms with Crippen LogP contribution in [0.1, 0.15) is 11.5 Å². The Morgan fingerprint density at radius 1 is 1.37 bits per heavy atom. The van der Waals surface area contributed by atoms with Crippen LogP contribution < -0.4 is 0 Å². The molecule has 2 rings (SSSR count). The van der Waals surface area contributed by atoms with Crippen molar-refractivity contribution in [1.29, 1.82) is 0 Å². The predicted octanol–water partition coefficient (Wildman–Crippen LogP) is 2.17. The number of hydrogen-bond donors (Lipinski definition) is 1. The van der Waals surface area contributed by atoms with Gasteiger partial charge in [0, 0.05) is 5.56 Å². The minimum Gasteiger partial charge on any atom is -0.480 e. The van der Waals surface area contributed by atoms with E-state index in [1.807, 2.05) is 31.2 Å². The molecule has 0 fully saturated rings. The van der Waals surface area contributed by atoms with Crippen LogP contribution in [0, 0.1) is 6.92 Å². The fourth-order valence-corrected chi connectivity index (χ4v) is 1.75. The lowest BCUT2D eigenvalue weighted by Crippen LogP contribution is -2.25. The Morgan fingerprint density at radius 3 is 2.68 bits per heavy atom. The molecule has 100 valence electrons. The number of benzene rings is 1. The Kier molecular flexibility index (Phi) is 3.97. The molecule has 5 heteroatoms. The van der Waals surface area contributed by atoms with Gasteiger partial charge in [-0.1, -0.05) is 29.8 Å². The van der Waals surface area contributed by atoms with Gasteiger partial charge in [0.25, 0.3) is 0 Å². The summed E-state index contributed by atoms with van der Waals surface area (Å²) in [5.41, 5.74) is 2.15. The van der Waals surface area contributed by atoms with E-state index in [0.29, 0.717) is 18.2 Å². The maximum absolute atomic E-state index is 10.6. The fraction of sp³-hybridized carbons (Fsp3) is 0.286. The molecule has 5 nitrogen and oxygen atoms in total. The number of aromatic nitrogens is 1. The molecule has 2 aromatic rings.